The molecule has 19 heavy (non-hydrogen) atoms. The standard InChI is InChI=1S/C15H23N3O/c1-4-13(5-2)18-8-6-12(17-18)10-14(16)15-11(3)7-9-19-15/h6-9,13-14H,4-5,10,16H2,1-3H3. The molecular formula is C15H23N3O. The molecule has 0 fully saturated rings. The number of hydrogen-bond donors (Lipinski definition) is 1. The van der Waals surface area contributed by atoms with Gasteiger partial charge in [-0.1, -0.05) is 13.8 Å². The third-order valence-corrected chi connectivity index (χ3v) is 3.65. The van der Waals surface area contributed by atoms with E-state index < -0.39 is 0 Å². The molecule has 0 saturated heterocycles. The van der Waals surface area contributed by atoms with Crippen molar-refractivity contribution in [3.05, 3.63) is 41.6 Å². The molecule has 1 unspecified atom stereocenters. The van der Waals surface area contributed by atoms with Crippen LogP contribution in [-0.2, 0) is 6.42 Å². The number of furan rings is 1. The van der Waals surface area contributed by atoms with Gasteiger partial charge < -0.3 is 10.2 Å². The third-order valence-electron chi connectivity index (χ3n) is 3.65. The zero-order chi connectivity index (χ0) is 13.8. The van der Waals surface area contributed by atoms with Crippen molar-refractivity contribution < 1.29 is 4.42 Å². The van der Waals surface area contributed by atoms with E-state index in [0.717, 1.165) is 29.9 Å². The molecule has 4 nitrogen and oxygen atoms in total. The predicted octanol–water partition coefficient (Wildman–Crippen LogP) is 3.39. The SMILES string of the molecule is CCC(CC)n1ccc(CC(N)c2occc2C)n1. The van der Waals surface area contributed by atoms with Gasteiger partial charge in [-0.25, -0.2) is 0 Å². The highest BCUT2D eigenvalue weighted by Gasteiger charge is 2.15. The number of aryl methyl sites for hydroxylation is 1. The van der Waals surface area contributed by atoms with E-state index >= 15 is 0 Å². The fourth-order valence-corrected chi connectivity index (χ4v) is 2.43. The lowest BCUT2D eigenvalue weighted by Gasteiger charge is -2.13. The van der Waals surface area contributed by atoms with Gasteiger partial charge in [0.1, 0.15) is 5.76 Å². The van der Waals surface area contributed by atoms with Crippen LogP contribution in [0.1, 0.15) is 55.8 Å². The molecule has 0 amide bonds. The molecule has 2 heterocycles. The Balaban J connectivity index is 2.06. The van der Waals surface area contributed by atoms with Crippen LogP contribution in [-0.4, -0.2) is 9.78 Å². The van der Waals surface area contributed by atoms with Crippen LogP contribution in [0.2, 0.25) is 0 Å². The fraction of sp³-hybridized carbons (Fsp3) is 0.533. The molecule has 0 bridgehead atoms. The molecule has 1 atom stereocenters. The van der Waals surface area contributed by atoms with Crippen LogP contribution in [0.25, 0.3) is 0 Å². The van der Waals surface area contributed by atoms with Gasteiger partial charge in [0.25, 0.3) is 0 Å². The molecule has 0 aliphatic heterocycles. The van der Waals surface area contributed by atoms with E-state index in [0.29, 0.717) is 12.5 Å². The van der Waals surface area contributed by atoms with Crippen molar-refractivity contribution in [1.29, 1.82) is 0 Å². The minimum Gasteiger partial charge on any atom is -0.467 e. The molecule has 0 spiro atoms. The third kappa shape index (κ3) is 3.07. The van der Waals surface area contributed by atoms with Crippen molar-refractivity contribution in [1.82, 2.24) is 9.78 Å². The molecule has 0 radical (unpaired) electrons. The first kappa shape index (κ1) is 13.9. The summed E-state index contributed by atoms with van der Waals surface area (Å²) in [6, 6.07) is 4.35. The Labute approximate surface area is 114 Å². The number of nitrogens with zero attached hydrogens (tertiary/aromatic N) is 2. The first-order valence-electron chi connectivity index (χ1n) is 6.99. The summed E-state index contributed by atoms with van der Waals surface area (Å²) in [6.45, 7) is 6.39. The molecule has 0 saturated carbocycles. The zero-order valence-electron chi connectivity index (χ0n) is 12.0. The van der Waals surface area contributed by atoms with Gasteiger partial charge in [-0.15, -0.1) is 0 Å². The van der Waals surface area contributed by atoms with Crippen molar-refractivity contribution in [2.75, 3.05) is 0 Å². The summed E-state index contributed by atoms with van der Waals surface area (Å²) in [5.74, 6) is 0.858. The average Bonchev–Trinajstić information content (AvgIpc) is 3.00. The van der Waals surface area contributed by atoms with E-state index in [1.807, 2.05) is 13.0 Å². The van der Waals surface area contributed by atoms with Crippen LogP contribution in [0.3, 0.4) is 0 Å². The van der Waals surface area contributed by atoms with Crippen molar-refractivity contribution in [2.24, 2.45) is 5.73 Å². The normalized spacial score (nSPS) is 13.1. The van der Waals surface area contributed by atoms with Crippen LogP contribution in [0.4, 0.5) is 0 Å². The van der Waals surface area contributed by atoms with Crippen LogP contribution in [0.5, 0.6) is 0 Å². The molecule has 2 N–H and O–H groups in total. The fourth-order valence-electron chi connectivity index (χ4n) is 2.43. The Morgan fingerprint density at radius 1 is 1.32 bits per heavy atom. The monoisotopic (exact) mass is 261 g/mol. The molecule has 2 rings (SSSR count). The number of nitrogens with two attached hydrogens (primary N) is 1. The molecule has 2 aromatic heterocycles. The second-order valence-electron chi connectivity index (χ2n) is 5.04. The largest absolute Gasteiger partial charge is 0.467 e. The van der Waals surface area contributed by atoms with Crippen molar-refractivity contribution in [3.8, 4) is 0 Å². The average molecular weight is 261 g/mol. The van der Waals surface area contributed by atoms with E-state index in [1.165, 1.54) is 0 Å². The molecule has 104 valence electrons. The van der Waals surface area contributed by atoms with Gasteiger partial charge in [-0.3, -0.25) is 4.68 Å². The summed E-state index contributed by atoms with van der Waals surface area (Å²) in [6.07, 6.45) is 6.64. The number of aromatic nitrogens is 2. The Morgan fingerprint density at radius 3 is 2.63 bits per heavy atom. The topological polar surface area (TPSA) is 57.0 Å². The summed E-state index contributed by atoms with van der Waals surface area (Å²) in [5.41, 5.74) is 8.31. The van der Waals surface area contributed by atoms with Gasteiger partial charge in [0, 0.05) is 12.6 Å². The van der Waals surface area contributed by atoms with Gasteiger partial charge in [0.2, 0.25) is 0 Å². The van der Waals surface area contributed by atoms with Crippen LogP contribution in [0, 0.1) is 6.92 Å². The predicted molar refractivity (Wildman–Crippen MR) is 75.9 cm³/mol. The zero-order valence-corrected chi connectivity index (χ0v) is 12.0. The minimum absolute atomic E-state index is 0.125. The Kier molecular flexibility index (Phi) is 4.43. The maximum absolute atomic E-state index is 6.18. The second kappa shape index (κ2) is 6.06. The molecule has 0 aliphatic rings. The van der Waals surface area contributed by atoms with E-state index in [4.69, 9.17) is 10.2 Å². The molecule has 4 heteroatoms. The number of rotatable bonds is 6. The minimum atomic E-state index is -0.125. The van der Waals surface area contributed by atoms with Crippen molar-refractivity contribution in [2.45, 2.75) is 52.1 Å². The van der Waals surface area contributed by atoms with Crippen LogP contribution in [0.15, 0.2) is 29.0 Å². The first-order chi connectivity index (χ1) is 9.15. The summed E-state index contributed by atoms with van der Waals surface area (Å²) in [7, 11) is 0. The van der Waals surface area contributed by atoms with Crippen LogP contribution >= 0.6 is 0 Å². The summed E-state index contributed by atoms with van der Waals surface area (Å²) < 4.78 is 7.49. The van der Waals surface area contributed by atoms with Crippen molar-refractivity contribution in [3.63, 3.8) is 0 Å². The lowest BCUT2D eigenvalue weighted by atomic mass is 10.1. The molecule has 0 aliphatic carbocycles. The van der Waals surface area contributed by atoms with E-state index in [-0.39, 0.29) is 6.04 Å². The maximum Gasteiger partial charge on any atom is 0.123 e. The summed E-state index contributed by atoms with van der Waals surface area (Å²) >= 11 is 0. The first-order valence-corrected chi connectivity index (χ1v) is 6.99. The molecule has 0 aromatic carbocycles. The van der Waals surface area contributed by atoms with E-state index in [2.05, 4.69) is 35.9 Å². The lowest BCUT2D eigenvalue weighted by Crippen LogP contribution is -2.15. The smallest absolute Gasteiger partial charge is 0.123 e. The Hall–Kier alpha value is -1.55. The van der Waals surface area contributed by atoms with Gasteiger partial charge in [0.15, 0.2) is 0 Å². The van der Waals surface area contributed by atoms with Gasteiger partial charge >= 0.3 is 0 Å². The van der Waals surface area contributed by atoms with E-state index in [9.17, 15) is 0 Å². The van der Waals surface area contributed by atoms with Gasteiger partial charge in [-0.05, 0) is 37.5 Å². The number of hydrogen-bond acceptors (Lipinski definition) is 3. The second-order valence-corrected chi connectivity index (χ2v) is 5.04. The van der Waals surface area contributed by atoms with Crippen LogP contribution < -0.4 is 5.73 Å². The lowest BCUT2D eigenvalue weighted by molar-refractivity contribution is 0.420. The maximum atomic E-state index is 6.18. The Morgan fingerprint density at radius 2 is 2.05 bits per heavy atom. The highest BCUT2D eigenvalue weighted by molar-refractivity contribution is 5.19. The van der Waals surface area contributed by atoms with Crippen molar-refractivity contribution >= 4 is 0 Å². The molecular weight excluding hydrogens is 238 g/mol. The summed E-state index contributed by atoms with van der Waals surface area (Å²) in [4.78, 5) is 0. The highest BCUT2D eigenvalue weighted by Crippen LogP contribution is 2.21. The van der Waals surface area contributed by atoms with E-state index in [1.54, 1.807) is 6.26 Å². The summed E-state index contributed by atoms with van der Waals surface area (Å²) in [5, 5.41) is 4.63. The molecule has 2 aromatic rings. The van der Waals surface area contributed by atoms with Gasteiger partial charge in [0.05, 0.1) is 24.0 Å². The highest BCUT2D eigenvalue weighted by atomic mass is 16.3. The van der Waals surface area contributed by atoms with Gasteiger partial charge in [-0.2, -0.15) is 5.10 Å². The Bertz CT molecular complexity index is 511. The quantitative estimate of drug-likeness (QED) is 0.867.